The quantitative estimate of drug-likeness (QED) is 0.587. The molecule has 0 aliphatic carbocycles. The van der Waals surface area contributed by atoms with Crippen LogP contribution in [-0.4, -0.2) is 6.54 Å². The summed E-state index contributed by atoms with van der Waals surface area (Å²) in [6, 6.07) is 10.0. The van der Waals surface area contributed by atoms with Crippen LogP contribution in [0.4, 0.5) is 0 Å². The lowest BCUT2D eigenvalue weighted by Gasteiger charge is -1.88. The average molecular weight is 132 g/mol. The molecule has 0 saturated carbocycles. The highest BCUT2D eigenvalue weighted by molar-refractivity contribution is 5.48. The van der Waals surface area contributed by atoms with Gasteiger partial charge in [0.15, 0.2) is 0 Å². The molecule has 0 aliphatic rings. The minimum absolute atomic E-state index is 0.356. The summed E-state index contributed by atoms with van der Waals surface area (Å²) in [5, 5.41) is 0. The van der Waals surface area contributed by atoms with Crippen molar-refractivity contribution in [3.63, 3.8) is 0 Å². The predicted octanol–water partition coefficient (Wildman–Crippen LogP) is 1.98. The summed E-state index contributed by atoms with van der Waals surface area (Å²) >= 11 is 0. The number of nitrogens with one attached hydrogen (secondary N) is 1. The van der Waals surface area contributed by atoms with Crippen LogP contribution in [0.3, 0.4) is 0 Å². The third-order valence-electron chi connectivity index (χ3n) is 1.23. The van der Waals surface area contributed by atoms with Crippen molar-refractivity contribution in [2.75, 3.05) is 6.54 Å². The molecule has 1 aromatic rings. The maximum Gasteiger partial charge on any atom is 0.0284 e. The van der Waals surface area contributed by atoms with Gasteiger partial charge in [0.2, 0.25) is 0 Å². The lowest BCUT2D eigenvalue weighted by molar-refractivity contribution is 1.20. The lowest BCUT2D eigenvalue weighted by Crippen LogP contribution is -1.74. The predicted molar refractivity (Wildman–Crippen MR) is 43.4 cm³/mol. The van der Waals surface area contributed by atoms with Gasteiger partial charge in [0.1, 0.15) is 0 Å². The van der Waals surface area contributed by atoms with Crippen LogP contribution in [0.25, 0.3) is 6.08 Å². The molecule has 0 amide bonds. The Hall–Kier alpha value is -1.08. The molecule has 1 nitrogen and oxygen atoms in total. The molecule has 0 saturated heterocycles. The van der Waals surface area contributed by atoms with Gasteiger partial charge in [0, 0.05) is 6.54 Å². The zero-order chi connectivity index (χ0) is 7.23. The first-order chi connectivity index (χ1) is 4.93. The average Bonchev–Trinajstić information content (AvgIpc) is 2.03. The van der Waals surface area contributed by atoms with Gasteiger partial charge in [-0.2, -0.15) is 0 Å². The Morgan fingerprint density at radius 1 is 1.20 bits per heavy atom. The van der Waals surface area contributed by atoms with Crippen LogP contribution in [0.2, 0.25) is 0 Å². The second-order valence-corrected chi connectivity index (χ2v) is 2.02. The minimum atomic E-state index is 0.356. The summed E-state index contributed by atoms with van der Waals surface area (Å²) in [5.41, 5.74) is 8.03. The van der Waals surface area contributed by atoms with Gasteiger partial charge in [-0.05, 0) is 5.56 Å². The Labute approximate surface area is 61.2 Å². The molecule has 0 fully saturated rings. The molecule has 0 atom stereocenters. The monoisotopic (exact) mass is 132 g/mol. The highest BCUT2D eigenvalue weighted by atomic mass is 14.5. The molecule has 0 unspecified atom stereocenters. The van der Waals surface area contributed by atoms with Crippen molar-refractivity contribution >= 4 is 6.08 Å². The number of benzene rings is 1. The van der Waals surface area contributed by atoms with Crippen LogP contribution in [0, 0.1) is 0 Å². The normalized spacial score (nSPS) is 10.5. The first kappa shape index (κ1) is 7.03. The summed E-state index contributed by atoms with van der Waals surface area (Å²) in [6.07, 6.45) is 3.78. The Kier molecular flexibility index (Phi) is 2.71. The van der Waals surface area contributed by atoms with E-state index in [4.69, 9.17) is 5.73 Å². The summed E-state index contributed by atoms with van der Waals surface area (Å²) in [6.45, 7) is 0.356. The summed E-state index contributed by atoms with van der Waals surface area (Å²) in [4.78, 5) is 0. The zero-order valence-electron chi connectivity index (χ0n) is 5.75. The summed E-state index contributed by atoms with van der Waals surface area (Å²) in [7, 11) is 0. The second-order valence-electron chi connectivity index (χ2n) is 2.02. The Balaban J connectivity index is 2.67. The molecule has 1 rings (SSSR count). The Morgan fingerprint density at radius 3 is 2.50 bits per heavy atom. The van der Waals surface area contributed by atoms with E-state index in [-0.39, 0.29) is 0 Å². The van der Waals surface area contributed by atoms with Gasteiger partial charge in [-0.25, -0.2) is 0 Å². The largest absolute Gasteiger partial charge is 0.254 e. The fraction of sp³-hybridized carbons (Fsp3) is 0.111. The fourth-order valence-corrected chi connectivity index (χ4v) is 0.759. The van der Waals surface area contributed by atoms with E-state index in [0.717, 1.165) is 5.56 Å². The number of hydrogen-bond donors (Lipinski definition) is 0. The molecule has 0 aliphatic heterocycles. The molecule has 1 aromatic carbocycles. The van der Waals surface area contributed by atoms with Gasteiger partial charge in [0.25, 0.3) is 0 Å². The van der Waals surface area contributed by atoms with E-state index < -0.39 is 0 Å². The van der Waals surface area contributed by atoms with Gasteiger partial charge >= 0.3 is 0 Å². The van der Waals surface area contributed by atoms with Gasteiger partial charge < -0.3 is 0 Å². The minimum Gasteiger partial charge on any atom is -0.254 e. The number of rotatable bonds is 2. The first-order valence-electron chi connectivity index (χ1n) is 3.29. The van der Waals surface area contributed by atoms with E-state index in [2.05, 4.69) is 0 Å². The van der Waals surface area contributed by atoms with Crippen molar-refractivity contribution in [2.24, 2.45) is 0 Å². The van der Waals surface area contributed by atoms with E-state index in [1.54, 1.807) is 0 Å². The van der Waals surface area contributed by atoms with Crippen LogP contribution in [-0.2, 0) is 0 Å². The van der Waals surface area contributed by atoms with Crippen molar-refractivity contribution in [2.45, 2.75) is 0 Å². The lowest BCUT2D eigenvalue weighted by atomic mass is 10.2. The van der Waals surface area contributed by atoms with Gasteiger partial charge in [0.05, 0.1) is 0 Å². The second kappa shape index (κ2) is 3.85. The van der Waals surface area contributed by atoms with Crippen LogP contribution in [0.15, 0.2) is 36.4 Å². The zero-order valence-corrected chi connectivity index (χ0v) is 5.75. The van der Waals surface area contributed by atoms with Gasteiger partial charge in [-0.15, -0.1) is 0 Å². The topological polar surface area (TPSA) is 23.8 Å². The molecule has 1 N–H and O–H groups in total. The number of hydrogen-bond acceptors (Lipinski definition) is 0. The molecule has 0 heterocycles. The standard InChI is InChI=1S/C9H10N/c10-8-4-7-9-5-2-1-3-6-9/h1-7,10H,8H2. The summed E-state index contributed by atoms with van der Waals surface area (Å²) < 4.78 is 0. The van der Waals surface area contributed by atoms with Crippen LogP contribution < -0.4 is 5.73 Å². The van der Waals surface area contributed by atoms with E-state index in [1.165, 1.54) is 0 Å². The molecule has 0 spiro atoms. The van der Waals surface area contributed by atoms with E-state index >= 15 is 0 Å². The maximum atomic E-state index is 6.87. The van der Waals surface area contributed by atoms with Crippen molar-refractivity contribution < 1.29 is 0 Å². The Bertz CT molecular complexity index is 201. The molecule has 10 heavy (non-hydrogen) atoms. The van der Waals surface area contributed by atoms with Crippen molar-refractivity contribution in [3.8, 4) is 0 Å². The highest BCUT2D eigenvalue weighted by Gasteiger charge is 1.79. The first-order valence-corrected chi connectivity index (χ1v) is 3.29. The highest BCUT2D eigenvalue weighted by Crippen LogP contribution is 1.99. The maximum absolute atomic E-state index is 6.87. The van der Waals surface area contributed by atoms with Gasteiger partial charge in [-0.1, -0.05) is 42.5 Å². The van der Waals surface area contributed by atoms with Crippen molar-refractivity contribution in [1.29, 1.82) is 0 Å². The molecular weight excluding hydrogens is 122 g/mol. The third kappa shape index (κ3) is 2.03. The molecule has 1 heteroatoms. The van der Waals surface area contributed by atoms with Crippen LogP contribution in [0.5, 0.6) is 0 Å². The van der Waals surface area contributed by atoms with E-state index in [0.29, 0.717) is 6.54 Å². The third-order valence-corrected chi connectivity index (χ3v) is 1.23. The summed E-state index contributed by atoms with van der Waals surface area (Å²) in [5.74, 6) is 0. The fourth-order valence-electron chi connectivity index (χ4n) is 0.759. The van der Waals surface area contributed by atoms with Crippen LogP contribution in [0.1, 0.15) is 5.56 Å². The smallest absolute Gasteiger partial charge is 0.0284 e. The van der Waals surface area contributed by atoms with E-state index in [1.807, 2.05) is 42.5 Å². The molecule has 1 radical (unpaired) electrons. The SMILES string of the molecule is [NH]CC=Cc1ccccc1. The molecule has 0 aromatic heterocycles. The van der Waals surface area contributed by atoms with Crippen LogP contribution >= 0.6 is 0 Å². The van der Waals surface area contributed by atoms with Crippen molar-refractivity contribution in [1.82, 2.24) is 5.73 Å². The van der Waals surface area contributed by atoms with Gasteiger partial charge in [-0.3, -0.25) is 5.73 Å². The molecular formula is C9H10N. The molecule has 51 valence electrons. The molecule has 0 bridgehead atoms. The van der Waals surface area contributed by atoms with Crippen molar-refractivity contribution in [3.05, 3.63) is 42.0 Å². The van der Waals surface area contributed by atoms with E-state index in [9.17, 15) is 0 Å². The Morgan fingerprint density at radius 2 is 1.90 bits per heavy atom.